The van der Waals surface area contributed by atoms with Gasteiger partial charge < -0.3 is 5.11 Å². The largest absolute Gasteiger partial charge is 0.384 e. The van der Waals surface area contributed by atoms with E-state index in [0.717, 1.165) is 22.3 Å². The fraction of sp³-hybridized carbons (Fsp3) is 0.350. The summed E-state index contributed by atoms with van der Waals surface area (Å²) in [6.07, 6.45) is -1.54. The number of aliphatic hydroxyl groups excluding tert-OH is 1. The Morgan fingerprint density at radius 3 is 1.80 bits per heavy atom. The minimum atomic E-state index is -3.89. The number of hydrogen-bond donors (Lipinski definition) is 1. The van der Waals surface area contributed by atoms with Crippen molar-refractivity contribution in [3.8, 4) is 0 Å². The Balaban J connectivity index is 2.13. The maximum atomic E-state index is 13.1. The first-order valence-corrected chi connectivity index (χ1v) is 9.84. The molecular weight excluding hydrogens is 336 g/mol. The van der Waals surface area contributed by atoms with Crippen molar-refractivity contribution >= 4 is 15.6 Å². The second kappa shape index (κ2) is 6.07. The molecule has 0 aromatic heterocycles. The maximum Gasteiger partial charge on any atom is 0.185 e. The lowest BCUT2D eigenvalue weighted by atomic mass is 9.96. The molecule has 1 aliphatic rings. The van der Waals surface area contributed by atoms with E-state index in [0.29, 0.717) is 11.1 Å². The smallest absolute Gasteiger partial charge is 0.185 e. The number of aryl methyl sites for hydroxylation is 4. The van der Waals surface area contributed by atoms with Crippen molar-refractivity contribution in [1.82, 2.24) is 0 Å². The van der Waals surface area contributed by atoms with Crippen LogP contribution in [0.4, 0.5) is 0 Å². The maximum absolute atomic E-state index is 13.1. The van der Waals surface area contributed by atoms with Crippen LogP contribution in [0.3, 0.4) is 0 Å². The van der Waals surface area contributed by atoms with E-state index in [1.807, 2.05) is 39.8 Å². The highest BCUT2D eigenvalue weighted by molar-refractivity contribution is 7.93. The summed E-state index contributed by atoms with van der Waals surface area (Å²) in [5, 5.41) is 7.91. The Morgan fingerprint density at radius 1 is 0.800 bits per heavy atom. The standard InChI is InChI=1S/C20H22O4S/c1-11-5-7-15(9-13(11)3)19-17(21)18(22)20(25(19,23)24)16-8-6-12(2)14(4)10-16/h5-10,17,19-21H,1-4H3/t17-,19+,20+/m0/s1. The Bertz CT molecular complexity index is 960. The molecule has 1 saturated heterocycles. The zero-order chi connectivity index (χ0) is 18.5. The Hall–Kier alpha value is -1.98. The third-order valence-corrected chi connectivity index (χ3v) is 7.61. The van der Waals surface area contributed by atoms with E-state index in [4.69, 9.17) is 0 Å². The number of sulfone groups is 1. The summed E-state index contributed by atoms with van der Waals surface area (Å²) >= 11 is 0. The molecule has 0 bridgehead atoms. The van der Waals surface area contributed by atoms with Gasteiger partial charge in [0.1, 0.15) is 16.6 Å². The molecule has 0 saturated carbocycles. The molecule has 3 rings (SSSR count). The molecular formula is C20H22O4S. The molecule has 0 amide bonds. The third-order valence-electron chi connectivity index (χ3n) is 5.21. The average Bonchev–Trinajstić information content (AvgIpc) is 2.71. The second-order valence-corrected chi connectivity index (χ2v) is 9.08. The highest BCUT2D eigenvalue weighted by Crippen LogP contribution is 2.45. The lowest BCUT2D eigenvalue weighted by Crippen LogP contribution is -2.21. The molecule has 2 aromatic rings. The number of aliphatic hydroxyl groups is 1. The highest BCUT2D eigenvalue weighted by atomic mass is 32.2. The fourth-order valence-electron chi connectivity index (χ4n) is 3.39. The van der Waals surface area contributed by atoms with Gasteiger partial charge in [0.05, 0.1) is 0 Å². The number of hydrogen-bond acceptors (Lipinski definition) is 4. The zero-order valence-electron chi connectivity index (χ0n) is 14.8. The molecule has 0 spiro atoms. The van der Waals surface area contributed by atoms with E-state index < -0.39 is 32.2 Å². The first-order valence-electron chi connectivity index (χ1n) is 8.23. The van der Waals surface area contributed by atoms with E-state index in [1.165, 1.54) is 0 Å². The monoisotopic (exact) mass is 358 g/mol. The van der Waals surface area contributed by atoms with Gasteiger partial charge in [-0.3, -0.25) is 4.79 Å². The fourth-order valence-corrected chi connectivity index (χ4v) is 5.69. The summed E-state index contributed by atoms with van der Waals surface area (Å²) in [7, 11) is -3.89. The molecule has 0 aliphatic carbocycles. The van der Waals surface area contributed by atoms with E-state index >= 15 is 0 Å². The number of ketones is 1. The van der Waals surface area contributed by atoms with Gasteiger partial charge in [0.15, 0.2) is 15.6 Å². The summed E-state index contributed by atoms with van der Waals surface area (Å²) < 4.78 is 26.3. The van der Waals surface area contributed by atoms with Gasteiger partial charge in [-0.2, -0.15) is 0 Å². The van der Waals surface area contributed by atoms with Crippen molar-refractivity contribution in [2.24, 2.45) is 0 Å². The van der Waals surface area contributed by atoms with Crippen LogP contribution < -0.4 is 0 Å². The molecule has 4 nitrogen and oxygen atoms in total. The van der Waals surface area contributed by atoms with Crippen molar-refractivity contribution in [2.45, 2.75) is 44.3 Å². The molecule has 1 heterocycles. The van der Waals surface area contributed by atoms with Crippen molar-refractivity contribution < 1.29 is 18.3 Å². The van der Waals surface area contributed by atoms with Gasteiger partial charge in [-0.05, 0) is 61.1 Å². The number of Topliss-reactive ketones (excluding diaryl/α,β-unsaturated/α-hetero) is 1. The van der Waals surface area contributed by atoms with Gasteiger partial charge in [-0.25, -0.2) is 8.42 Å². The van der Waals surface area contributed by atoms with Crippen LogP contribution in [0, 0.1) is 27.7 Å². The predicted octanol–water partition coefficient (Wildman–Crippen LogP) is 3.06. The minimum absolute atomic E-state index is 0.429. The summed E-state index contributed by atoms with van der Waals surface area (Å²) in [4.78, 5) is 12.6. The van der Waals surface area contributed by atoms with Gasteiger partial charge in [0.2, 0.25) is 0 Å². The van der Waals surface area contributed by atoms with E-state index in [-0.39, 0.29) is 0 Å². The number of rotatable bonds is 2. The molecule has 1 N–H and O–H groups in total. The number of benzene rings is 2. The van der Waals surface area contributed by atoms with Crippen molar-refractivity contribution in [2.75, 3.05) is 0 Å². The third kappa shape index (κ3) is 2.81. The first-order chi connectivity index (χ1) is 11.6. The molecule has 0 unspecified atom stereocenters. The molecule has 0 radical (unpaired) electrons. The summed E-state index contributed by atoms with van der Waals surface area (Å²) in [5.41, 5.74) is 4.81. The summed E-state index contributed by atoms with van der Waals surface area (Å²) in [5.74, 6) is -0.647. The molecule has 5 heteroatoms. The van der Waals surface area contributed by atoms with Crippen LogP contribution in [0.15, 0.2) is 36.4 Å². The van der Waals surface area contributed by atoms with Crippen molar-refractivity contribution in [1.29, 1.82) is 0 Å². The van der Waals surface area contributed by atoms with Gasteiger partial charge in [-0.15, -0.1) is 0 Å². The normalized spacial score (nSPS) is 25.3. The highest BCUT2D eigenvalue weighted by Gasteiger charge is 2.55. The van der Waals surface area contributed by atoms with Crippen molar-refractivity contribution in [3.63, 3.8) is 0 Å². The molecule has 3 atom stereocenters. The van der Waals surface area contributed by atoms with Crippen molar-refractivity contribution in [3.05, 3.63) is 69.8 Å². The quantitative estimate of drug-likeness (QED) is 0.896. The zero-order valence-corrected chi connectivity index (χ0v) is 15.6. The lowest BCUT2D eigenvalue weighted by Gasteiger charge is -2.16. The first kappa shape index (κ1) is 17.8. The molecule has 25 heavy (non-hydrogen) atoms. The van der Waals surface area contributed by atoms with Crippen LogP contribution in [0.25, 0.3) is 0 Å². The molecule has 132 valence electrons. The Kier molecular flexibility index (Phi) is 4.33. The van der Waals surface area contributed by atoms with E-state index in [2.05, 4.69) is 0 Å². The number of carbonyl (C=O) groups excluding carboxylic acids is 1. The number of carbonyl (C=O) groups is 1. The van der Waals surface area contributed by atoms with Crippen LogP contribution in [-0.2, 0) is 14.6 Å². The van der Waals surface area contributed by atoms with Crippen LogP contribution in [-0.4, -0.2) is 25.4 Å². The average molecular weight is 358 g/mol. The van der Waals surface area contributed by atoms with Crippen LogP contribution in [0.2, 0.25) is 0 Å². The lowest BCUT2D eigenvalue weighted by molar-refractivity contribution is -0.125. The SMILES string of the molecule is Cc1ccc([C@@H]2[C@@H](O)C(=O)[C@@H](c3ccc(C)c(C)c3)S2(=O)=O)cc1C. The van der Waals surface area contributed by atoms with Gasteiger partial charge in [-0.1, -0.05) is 36.4 Å². The van der Waals surface area contributed by atoms with Gasteiger partial charge in [0.25, 0.3) is 0 Å². The topological polar surface area (TPSA) is 71.4 Å². The van der Waals surface area contributed by atoms with E-state index in [1.54, 1.807) is 24.3 Å². The van der Waals surface area contributed by atoms with E-state index in [9.17, 15) is 18.3 Å². The molecule has 1 fully saturated rings. The minimum Gasteiger partial charge on any atom is -0.384 e. The summed E-state index contributed by atoms with van der Waals surface area (Å²) in [6.45, 7) is 7.62. The molecule has 1 aliphatic heterocycles. The van der Waals surface area contributed by atoms with Gasteiger partial charge >= 0.3 is 0 Å². The second-order valence-electron chi connectivity index (χ2n) is 6.92. The Labute approximate surface area is 148 Å². The molecule has 2 aromatic carbocycles. The predicted molar refractivity (Wildman–Crippen MR) is 97.2 cm³/mol. The summed E-state index contributed by atoms with van der Waals surface area (Å²) in [6, 6.07) is 10.5. The van der Waals surface area contributed by atoms with Gasteiger partial charge in [0, 0.05) is 0 Å². The van der Waals surface area contributed by atoms with Crippen LogP contribution >= 0.6 is 0 Å². The van der Waals surface area contributed by atoms with Crippen LogP contribution in [0.5, 0.6) is 0 Å². The van der Waals surface area contributed by atoms with Crippen LogP contribution in [0.1, 0.15) is 43.9 Å². The Morgan fingerprint density at radius 2 is 1.28 bits per heavy atom.